The van der Waals surface area contributed by atoms with Crippen molar-refractivity contribution in [1.29, 1.82) is 5.26 Å². The van der Waals surface area contributed by atoms with E-state index in [0.29, 0.717) is 72.4 Å². The molecule has 0 bridgehead atoms. The largest absolute Gasteiger partial charge is 0.379 e. The van der Waals surface area contributed by atoms with Gasteiger partial charge in [-0.1, -0.05) is 31.6 Å². The summed E-state index contributed by atoms with van der Waals surface area (Å²) >= 11 is 0. The third-order valence-corrected chi connectivity index (χ3v) is 12.6. The maximum atomic E-state index is 13.7. The Labute approximate surface area is 432 Å². The molecule has 5 N–H and O–H groups in total. The molecule has 0 aromatic heterocycles. The molecule has 1 atom stereocenters. The van der Waals surface area contributed by atoms with E-state index in [-0.39, 0.29) is 152 Å². The monoisotopic (exact) mass is 1040 g/mol. The maximum absolute atomic E-state index is 13.7. The lowest BCUT2D eigenvalue weighted by molar-refractivity contribution is -0.128. The molecule has 72 heavy (non-hydrogen) atoms. The topological polar surface area (TPSA) is 246 Å². The van der Waals surface area contributed by atoms with E-state index in [9.17, 15) is 24.0 Å². The lowest BCUT2D eigenvalue weighted by atomic mass is 9.82. The number of nitriles is 1. The van der Waals surface area contributed by atoms with Gasteiger partial charge >= 0.3 is 0 Å². The van der Waals surface area contributed by atoms with E-state index in [1.807, 2.05) is 6.92 Å². The summed E-state index contributed by atoms with van der Waals surface area (Å²) in [6.45, 7) is 16.4. The zero-order valence-electron chi connectivity index (χ0n) is 44.3. The predicted molar refractivity (Wildman–Crippen MR) is 277 cm³/mol. The Bertz CT molecular complexity index is 1500. The van der Waals surface area contributed by atoms with Crippen molar-refractivity contribution in [2.75, 3.05) is 119 Å². The van der Waals surface area contributed by atoms with Crippen molar-refractivity contribution in [3.05, 3.63) is 0 Å². The van der Waals surface area contributed by atoms with E-state index >= 15 is 0 Å². The van der Waals surface area contributed by atoms with Crippen molar-refractivity contribution in [1.82, 2.24) is 31.3 Å². The van der Waals surface area contributed by atoms with Crippen molar-refractivity contribution in [2.24, 2.45) is 0 Å². The summed E-state index contributed by atoms with van der Waals surface area (Å²) in [6, 6.07) is 2.57. The summed E-state index contributed by atoms with van der Waals surface area (Å²) in [4.78, 5) is 65.9. The van der Waals surface area contributed by atoms with Crippen LogP contribution in [-0.2, 0) is 61.4 Å². The summed E-state index contributed by atoms with van der Waals surface area (Å²) in [5, 5.41) is 23.5. The Morgan fingerprint density at radius 1 is 0.514 bits per heavy atom. The van der Waals surface area contributed by atoms with Crippen LogP contribution in [0.1, 0.15) is 131 Å². The molecule has 0 aromatic rings. The van der Waals surface area contributed by atoms with Crippen molar-refractivity contribution in [2.45, 2.75) is 149 Å². The van der Waals surface area contributed by atoms with Gasteiger partial charge in [0.1, 0.15) is 13.2 Å². The van der Waals surface area contributed by atoms with E-state index in [0.717, 1.165) is 32.1 Å². The molecule has 0 fully saturated rings. The van der Waals surface area contributed by atoms with Gasteiger partial charge in [-0.3, -0.25) is 24.0 Å². The molecule has 21 heteroatoms. The summed E-state index contributed by atoms with van der Waals surface area (Å²) < 4.78 is 46.7. The molecule has 0 rings (SSSR count). The molecule has 1 unspecified atom stereocenters. The molecule has 0 aliphatic carbocycles. The molecule has 0 saturated carbocycles. The average Bonchev–Trinajstić information content (AvgIpc) is 3.34. The first-order chi connectivity index (χ1) is 34.8. The van der Waals surface area contributed by atoms with Crippen LogP contribution in [-0.4, -0.2) is 171 Å². The van der Waals surface area contributed by atoms with E-state index in [1.54, 1.807) is 0 Å². The highest BCUT2D eigenvalue weighted by atomic mass is 31.2. The van der Waals surface area contributed by atoms with Crippen molar-refractivity contribution >= 4 is 38.1 Å². The number of rotatable bonds is 50. The molecule has 412 valence electrons. The Hall–Kier alpha value is -3.97. The van der Waals surface area contributed by atoms with Crippen LogP contribution in [0, 0.1) is 36.0 Å². The number of carbonyl (C=O) groups is 5. The lowest BCUT2D eigenvalue weighted by Gasteiger charge is -2.35. The van der Waals surface area contributed by atoms with Gasteiger partial charge in [-0.15, -0.1) is 12.8 Å². The normalized spacial score (nSPS) is 11.7. The van der Waals surface area contributed by atoms with Crippen LogP contribution in [0.25, 0.3) is 0 Å². The Kier molecular flexibility index (Phi) is 45.4. The highest BCUT2D eigenvalue weighted by molar-refractivity contribution is 7.44. The number of nitrogens with one attached hydrogen (secondary N) is 5. The second-order valence-corrected chi connectivity index (χ2v) is 18.8. The van der Waals surface area contributed by atoms with Gasteiger partial charge < -0.3 is 64.1 Å². The van der Waals surface area contributed by atoms with Gasteiger partial charge in [-0.25, -0.2) is 4.67 Å². The van der Waals surface area contributed by atoms with Crippen LogP contribution < -0.4 is 26.6 Å². The zero-order valence-corrected chi connectivity index (χ0v) is 45.2. The van der Waals surface area contributed by atoms with Crippen LogP contribution >= 0.6 is 8.53 Å². The van der Waals surface area contributed by atoms with Gasteiger partial charge in [0.2, 0.25) is 29.5 Å². The number of terminal acetylenes is 2. The SMILES string of the molecule is C#CCOCCOCCNC(=O)CCC(CCC(=O)NCCOCCOCC#C)(CCC(=O)NCCOCCOCCC)NC(=O)CCCC(=O)NCCCCCCOP(OCCC#N)N(C(C)C)C(C)C. The molecule has 0 aliphatic rings. The fourth-order valence-corrected chi connectivity index (χ4v) is 8.59. The first kappa shape index (κ1) is 68.0. The minimum Gasteiger partial charge on any atom is -0.379 e. The van der Waals surface area contributed by atoms with Crippen LogP contribution in [0.4, 0.5) is 0 Å². The van der Waals surface area contributed by atoms with Gasteiger partial charge in [0.05, 0.1) is 85.2 Å². The predicted octanol–water partition coefficient (Wildman–Crippen LogP) is 4.45. The van der Waals surface area contributed by atoms with Crippen LogP contribution in [0.5, 0.6) is 0 Å². The third-order valence-electron chi connectivity index (χ3n) is 10.5. The van der Waals surface area contributed by atoms with Gasteiger partial charge in [0.15, 0.2) is 0 Å². The quantitative estimate of drug-likeness (QED) is 0.0321. The number of hydrogen-bond acceptors (Lipinski definition) is 15. The fourth-order valence-electron chi connectivity index (χ4n) is 6.96. The van der Waals surface area contributed by atoms with Gasteiger partial charge in [-0.2, -0.15) is 5.26 Å². The zero-order chi connectivity index (χ0) is 53.3. The third kappa shape index (κ3) is 40.5. The van der Waals surface area contributed by atoms with E-state index in [1.165, 1.54) is 0 Å². The molecule has 0 aromatic carbocycles. The van der Waals surface area contributed by atoms with E-state index in [2.05, 4.69) is 76.9 Å². The van der Waals surface area contributed by atoms with E-state index in [4.69, 9.17) is 55.6 Å². The fraction of sp³-hybridized carbons (Fsp3) is 0.804. The Balaban J connectivity index is 5.54. The lowest BCUT2D eigenvalue weighted by Crippen LogP contribution is -2.50. The molecular formula is C51H90N7O13P. The summed E-state index contributed by atoms with van der Waals surface area (Å²) in [5.74, 6) is 3.35. The highest BCUT2D eigenvalue weighted by Crippen LogP contribution is 2.46. The number of amides is 5. The van der Waals surface area contributed by atoms with Gasteiger partial charge in [-0.05, 0) is 72.6 Å². The minimum atomic E-state index is -1.28. The second kappa shape index (κ2) is 48.0. The van der Waals surface area contributed by atoms with Gasteiger partial charge in [0.25, 0.3) is 8.53 Å². The average molecular weight is 1040 g/mol. The standard InChI is InChI=1S/C51H90N7O13P/c1-8-30-64-38-41-67-35-27-54-47(60)19-22-51(23-20-48(61)55-28-36-68-42-39-65-31-9-2,24-21-49(62)56-29-37-69-43-40-66-32-10-3)57-50(63)18-15-17-46(59)53-26-13-11-12-14-33-70-72(71-34-16-25-52)58(44(4)5)45(6)7/h1-2,44-45H,10-24,26-43H2,3-7H3,(H,53,59)(H,54,60)(H,55,61)(H,56,62)(H,57,63). The molecule has 0 heterocycles. The highest BCUT2D eigenvalue weighted by Gasteiger charge is 2.34. The van der Waals surface area contributed by atoms with Crippen LogP contribution in [0.2, 0.25) is 0 Å². The number of ether oxygens (including phenoxy) is 6. The molecule has 0 spiro atoms. The van der Waals surface area contributed by atoms with Crippen LogP contribution in [0.15, 0.2) is 0 Å². The molecule has 20 nitrogen and oxygen atoms in total. The number of carbonyl (C=O) groups excluding carboxylic acids is 5. The summed E-state index contributed by atoms with van der Waals surface area (Å²) in [5.41, 5.74) is -1.13. The van der Waals surface area contributed by atoms with E-state index < -0.39 is 14.1 Å². The second-order valence-electron chi connectivity index (χ2n) is 17.3. The van der Waals surface area contributed by atoms with Crippen LogP contribution in [0.3, 0.4) is 0 Å². The smallest absolute Gasteiger partial charge is 0.259 e. The first-order valence-corrected chi connectivity index (χ1v) is 26.9. The number of nitrogens with zero attached hydrogens (tertiary/aromatic N) is 2. The molecule has 0 aliphatic heterocycles. The summed E-state index contributed by atoms with van der Waals surface area (Å²) in [7, 11) is -1.28. The van der Waals surface area contributed by atoms with Crippen molar-refractivity contribution in [3.63, 3.8) is 0 Å². The maximum Gasteiger partial charge on any atom is 0.259 e. The number of unbranched alkanes of at least 4 members (excludes halogenated alkanes) is 3. The van der Waals surface area contributed by atoms with Crippen molar-refractivity contribution in [3.8, 4) is 30.8 Å². The Morgan fingerprint density at radius 3 is 1.39 bits per heavy atom. The first-order valence-electron chi connectivity index (χ1n) is 25.8. The van der Waals surface area contributed by atoms with Crippen molar-refractivity contribution < 1.29 is 61.4 Å². The summed E-state index contributed by atoms with van der Waals surface area (Å²) in [6.07, 6.45) is 15.8. The minimum absolute atomic E-state index is 0.00229. The Morgan fingerprint density at radius 2 is 0.931 bits per heavy atom. The molecule has 5 amide bonds. The molecular weight excluding hydrogens is 950 g/mol. The number of hydrogen-bond donors (Lipinski definition) is 5. The van der Waals surface area contributed by atoms with Gasteiger partial charge in [0, 0.05) is 82.5 Å². The molecule has 0 radical (unpaired) electrons. The molecule has 0 saturated heterocycles.